The van der Waals surface area contributed by atoms with E-state index in [1.807, 2.05) is 32.0 Å². The summed E-state index contributed by atoms with van der Waals surface area (Å²) in [6.45, 7) is 3.58. The monoisotopic (exact) mass is 456 g/mol. The highest BCUT2D eigenvalue weighted by Crippen LogP contribution is 2.38. The summed E-state index contributed by atoms with van der Waals surface area (Å²) in [6.07, 6.45) is 2.68. The van der Waals surface area contributed by atoms with Crippen LogP contribution < -0.4 is 11.0 Å². The van der Waals surface area contributed by atoms with E-state index >= 15 is 0 Å². The molecule has 33 heavy (non-hydrogen) atoms. The zero-order valence-electron chi connectivity index (χ0n) is 19.0. The second-order valence-electron chi connectivity index (χ2n) is 9.13. The van der Waals surface area contributed by atoms with E-state index in [2.05, 4.69) is 27.6 Å². The maximum atomic E-state index is 13.3. The van der Waals surface area contributed by atoms with E-state index < -0.39 is 24.4 Å². The minimum absolute atomic E-state index is 0.229. The molecule has 1 aliphatic rings. The first kappa shape index (κ1) is 23.3. The van der Waals surface area contributed by atoms with Crippen molar-refractivity contribution in [1.82, 2.24) is 20.1 Å². The van der Waals surface area contributed by atoms with Gasteiger partial charge in [0, 0.05) is 6.54 Å². The van der Waals surface area contributed by atoms with Crippen molar-refractivity contribution in [3.63, 3.8) is 0 Å². The summed E-state index contributed by atoms with van der Waals surface area (Å²) in [5, 5.41) is 10.0. The average molecular weight is 457 g/mol. The Morgan fingerprint density at radius 2 is 1.82 bits per heavy atom. The van der Waals surface area contributed by atoms with Gasteiger partial charge in [-0.05, 0) is 48.9 Å². The fourth-order valence-electron chi connectivity index (χ4n) is 4.61. The largest absolute Gasteiger partial charge is 0.372 e. The van der Waals surface area contributed by atoms with Crippen molar-refractivity contribution in [2.45, 2.75) is 57.2 Å². The third-order valence-corrected chi connectivity index (χ3v) is 6.79. The van der Waals surface area contributed by atoms with Gasteiger partial charge in [-0.3, -0.25) is 4.57 Å². The Kier molecular flexibility index (Phi) is 6.76. The smallest absolute Gasteiger partial charge is 0.343 e. The minimum atomic E-state index is -0.644. The molecular formula is C25H30F2N4O2. The molecule has 0 unspecified atom stereocenters. The Hall–Kier alpha value is -2.84. The van der Waals surface area contributed by atoms with Crippen molar-refractivity contribution in [3.05, 3.63) is 87.6 Å². The van der Waals surface area contributed by atoms with E-state index in [0.29, 0.717) is 24.3 Å². The molecule has 0 saturated carbocycles. The van der Waals surface area contributed by atoms with Crippen LogP contribution in [0.15, 0.2) is 59.7 Å². The normalized spacial score (nSPS) is 24.0. The molecule has 1 aliphatic heterocycles. The van der Waals surface area contributed by atoms with Crippen LogP contribution in [0.5, 0.6) is 0 Å². The summed E-state index contributed by atoms with van der Waals surface area (Å²) < 4.78 is 34.5. The lowest BCUT2D eigenvalue weighted by Crippen LogP contribution is -2.59. The van der Waals surface area contributed by atoms with Gasteiger partial charge in [0.05, 0.1) is 23.8 Å². The van der Waals surface area contributed by atoms with Gasteiger partial charge >= 0.3 is 5.69 Å². The average Bonchev–Trinajstić information content (AvgIpc) is 3.30. The summed E-state index contributed by atoms with van der Waals surface area (Å²) in [6, 6.07) is 15.1. The lowest BCUT2D eigenvalue weighted by Gasteiger charge is -2.46. The standard InChI is InChI=1S/C25H30F2N4O2/c1-18(21-11-19(13-26)10-20(12-21)14-27)33-16-25(22-6-4-3-5-7-22)9-8-24(2,15-28-25)31-17-29-30-23(31)32/h3-7,10-12,17-18,28H,8-9,13-16H2,1-2H3,(H,30,32)/t18-,24+,25-/m1/s1. The van der Waals surface area contributed by atoms with Crippen molar-refractivity contribution >= 4 is 0 Å². The molecular weight excluding hydrogens is 426 g/mol. The van der Waals surface area contributed by atoms with Gasteiger partial charge in [-0.25, -0.2) is 18.7 Å². The van der Waals surface area contributed by atoms with Gasteiger partial charge in [-0.15, -0.1) is 0 Å². The Labute approximate surface area is 192 Å². The molecule has 0 amide bonds. The van der Waals surface area contributed by atoms with E-state index in [1.54, 1.807) is 29.1 Å². The van der Waals surface area contributed by atoms with Crippen LogP contribution in [-0.4, -0.2) is 27.9 Å². The molecule has 176 valence electrons. The Morgan fingerprint density at radius 3 is 2.36 bits per heavy atom. The Morgan fingerprint density at radius 1 is 1.12 bits per heavy atom. The first-order valence-electron chi connectivity index (χ1n) is 11.2. The second-order valence-corrected chi connectivity index (χ2v) is 9.13. The van der Waals surface area contributed by atoms with Gasteiger partial charge in [0.25, 0.3) is 0 Å². The highest BCUT2D eigenvalue weighted by Gasteiger charge is 2.43. The summed E-state index contributed by atoms with van der Waals surface area (Å²) in [5.41, 5.74) is 1.65. The maximum Gasteiger partial charge on any atom is 0.343 e. The number of piperidine rings is 1. The molecule has 0 radical (unpaired) electrons. The van der Waals surface area contributed by atoms with Crippen molar-refractivity contribution in [3.8, 4) is 0 Å². The number of hydrogen-bond donors (Lipinski definition) is 2. The van der Waals surface area contributed by atoms with Crippen LogP contribution in [0.25, 0.3) is 0 Å². The first-order chi connectivity index (χ1) is 15.9. The SMILES string of the molecule is C[C@@H](OC[C@@]1(c2ccccc2)CC[C@](C)(n2cn[nH]c2=O)CN1)c1cc(CF)cc(CF)c1. The molecule has 2 heterocycles. The van der Waals surface area contributed by atoms with E-state index in [1.165, 1.54) is 0 Å². The zero-order valence-corrected chi connectivity index (χ0v) is 19.0. The molecule has 1 fully saturated rings. The fraction of sp³-hybridized carbons (Fsp3) is 0.440. The first-order valence-corrected chi connectivity index (χ1v) is 11.2. The van der Waals surface area contributed by atoms with E-state index in [9.17, 15) is 13.6 Å². The number of hydrogen-bond acceptors (Lipinski definition) is 4. The molecule has 0 bridgehead atoms. The highest BCUT2D eigenvalue weighted by atomic mass is 19.1. The molecule has 3 atom stereocenters. The fourth-order valence-corrected chi connectivity index (χ4v) is 4.61. The van der Waals surface area contributed by atoms with E-state index in [0.717, 1.165) is 24.0 Å². The molecule has 6 nitrogen and oxygen atoms in total. The topological polar surface area (TPSA) is 71.9 Å². The number of nitrogens with zero attached hydrogens (tertiary/aromatic N) is 2. The number of halogens is 2. The number of aromatic nitrogens is 3. The van der Waals surface area contributed by atoms with Gasteiger partial charge in [0.1, 0.15) is 19.7 Å². The number of alkyl halides is 2. The third-order valence-electron chi connectivity index (χ3n) is 6.79. The number of benzene rings is 2. The Balaban J connectivity index is 1.56. The van der Waals surface area contributed by atoms with E-state index in [4.69, 9.17) is 4.74 Å². The highest BCUT2D eigenvalue weighted by molar-refractivity contribution is 5.31. The zero-order chi connectivity index (χ0) is 23.5. The van der Waals surface area contributed by atoms with Gasteiger partial charge in [0.2, 0.25) is 0 Å². The van der Waals surface area contributed by atoms with Gasteiger partial charge in [-0.1, -0.05) is 48.5 Å². The van der Waals surface area contributed by atoms with Crippen molar-refractivity contribution < 1.29 is 13.5 Å². The van der Waals surface area contributed by atoms with Gasteiger partial charge in [0.15, 0.2) is 0 Å². The quantitative estimate of drug-likeness (QED) is 0.531. The lowest BCUT2D eigenvalue weighted by molar-refractivity contribution is -0.00789. The van der Waals surface area contributed by atoms with Gasteiger partial charge in [-0.2, -0.15) is 5.10 Å². The van der Waals surface area contributed by atoms with Crippen LogP contribution in [0, 0.1) is 0 Å². The molecule has 1 aromatic heterocycles. The van der Waals surface area contributed by atoms with Crippen molar-refractivity contribution in [1.29, 1.82) is 0 Å². The second kappa shape index (κ2) is 9.57. The molecule has 4 rings (SSSR count). The molecule has 1 saturated heterocycles. The predicted molar refractivity (Wildman–Crippen MR) is 122 cm³/mol. The number of aromatic amines is 1. The van der Waals surface area contributed by atoms with Crippen molar-refractivity contribution in [2.75, 3.05) is 13.2 Å². The van der Waals surface area contributed by atoms with Crippen LogP contribution in [0.2, 0.25) is 0 Å². The summed E-state index contributed by atoms with van der Waals surface area (Å²) in [5.74, 6) is 0. The third kappa shape index (κ3) is 4.77. The molecule has 2 aromatic carbocycles. The molecule has 8 heteroatoms. The van der Waals surface area contributed by atoms with Crippen LogP contribution >= 0.6 is 0 Å². The number of ether oxygens (including phenoxy) is 1. The van der Waals surface area contributed by atoms with E-state index in [-0.39, 0.29) is 11.8 Å². The minimum Gasteiger partial charge on any atom is -0.372 e. The lowest BCUT2D eigenvalue weighted by atomic mass is 9.77. The summed E-state index contributed by atoms with van der Waals surface area (Å²) in [4.78, 5) is 12.2. The van der Waals surface area contributed by atoms with Crippen molar-refractivity contribution in [2.24, 2.45) is 0 Å². The van der Waals surface area contributed by atoms with Crippen LogP contribution in [0.3, 0.4) is 0 Å². The van der Waals surface area contributed by atoms with Crippen LogP contribution in [0.1, 0.15) is 55.0 Å². The molecule has 3 aromatic rings. The number of H-pyrrole nitrogens is 1. The Bertz CT molecular complexity index is 1100. The molecule has 0 aliphatic carbocycles. The summed E-state index contributed by atoms with van der Waals surface area (Å²) >= 11 is 0. The van der Waals surface area contributed by atoms with Crippen LogP contribution in [-0.2, 0) is 29.2 Å². The molecule has 2 N–H and O–H groups in total. The summed E-state index contributed by atoms with van der Waals surface area (Å²) in [7, 11) is 0. The maximum absolute atomic E-state index is 13.3. The number of rotatable bonds is 8. The molecule has 0 spiro atoms. The van der Waals surface area contributed by atoms with Crippen LogP contribution in [0.4, 0.5) is 8.78 Å². The predicted octanol–water partition coefficient (Wildman–Crippen LogP) is 4.28. The van der Waals surface area contributed by atoms with Gasteiger partial charge < -0.3 is 10.1 Å². The number of nitrogens with one attached hydrogen (secondary N) is 2.